The molecule has 0 fully saturated rings. The summed E-state index contributed by atoms with van der Waals surface area (Å²) in [6, 6.07) is 18.9. The van der Waals surface area contributed by atoms with E-state index in [-0.39, 0.29) is 10.6 Å². The molecule has 0 aliphatic heterocycles. The summed E-state index contributed by atoms with van der Waals surface area (Å²) in [6.45, 7) is 0. The largest absolute Gasteiger partial charge is 0.278 e. The first-order valence-electron chi connectivity index (χ1n) is 7.65. The number of sulfonamides is 1. The van der Waals surface area contributed by atoms with Crippen LogP contribution in [-0.4, -0.2) is 13.3 Å². The molecule has 138 valence electrons. The van der Waals surface area contributed by atoms with Crippen LogP contribution in [0.25, 0.3) is 0 Å². The van der Waals surface area contributed by atoms with Gasteiger partial charge < -0.3 is 0 Å². The molecule has 0 spiro atoms. The maximum Gasteiger partial charge on any atom is 0.269 e. The fourth-order valence-corrected chi connectivity index (χ4v) is 4.39. The summed E-state index contributed by atoms with van der Waals surface area (Å²) in [4.78, 5) is 11.7. The lowest BCUT2D eigenvalue weighted by molar-refractivity contribution is -0.384. The molecule has 0 saturated heterocycles. The van der Waals surface area contributed by atoms with Gasteiger partial charge in [0.25, 0.3) is 15.7 Å². The quantitative estimate of drug-likeness (QED) is 0.437. The highest BCUT2D eigenvalue weighted by Crippen LogP contribution is 2.35. The number of nitro benzene ring substituents is 1. The van der Waals surface area contributed by atoms with E-state index in [0.717, 1.165) is 17.0 Å². The van der Waals surface area contributed by atoms with Crippen molar-refractivity contribution in [3.63, 3.8) is 0 Å². The normalized spacial score (nSPS) is 11.1. The van der Waals surface area contributed by atoms with Crippen LogP contribution in [0.4, 0.5) is 11.4 Å². The number of non-ortho nitro benzene ring substituents is 1. The number of nitrogens with zero attached hydrogens (tertiary/aromatic N) is 1. The maximum absolute atomic E-state index is 12.6. The van der Waals surface area contributed by atoms with Crippen molar-refractivity contribution >= 4 is 44.8 Å². The summed E-state index contributed by atoms with van der Waals surface area (Å²) >= 11 is 7.28. The van der Waals surface area contributed by atoms with E-state index in [9.17, 15) is 18.5 Å². The van der Waals surface area contributed by atoms with Crippen molar-refractivity contribution in [3.05, 3.63) is 87.9 Å². The zero-order valence-corrected chi connectivity index (χ0v) is 16.1. The highest BCUT2D eigenvalue weighted by Gasteiger charge is 2.17. The standard InChI is InChI=1S/C18H13ClN2O4S2/c19-13-5-9-15(10-6-13)26-18-4-2-1-3-17(18)20-27(24,25)16-11-7-14(8-12-16)21(22)23/h1-12,20H. The van der Waals surface area contributed by atoms with Gasteiger partial charge in [0.15, 0.2) is 0 Å². The van der Waals surface area contributed by atoms with Gasteiger partial charge in [-0.3, -0.25) is 14.8 Å². The average molecular weight is 421 g/mol. The molecule has 0 unspecified atom stereocenters. The third-order valence-corrected chi connectivity index (χ3v) is 6.25. The maximum atomic E-state index is 12.6. The topological polar surface area (TPSA) is 89.3 Å². The van der Waals surface area contributed by atoms with E-state index in [1.54, 1.807) is 30.3 Å². The first-order valence-corrected chi connectivity index (χ1v) is 10.3. The van der Waals surface area contributed by atoms with Crippen LogP contribution in [0.2, 0.25) is 5.02 Å². The summed E-state index contributed by atoms with van der Waals surface area (Å²) in [6.07, 6.45) is 0. The second-order valence-corrected chi connectivity index (χ2v) is 8.64. The Morgan fingerprint density at radius 2 is 1.56 bits per heavy atom. The zero-order valence-electron chi connectivity index (χ0n) is 13.7. The van der Waals surface area contributed by atoms with Crippen LogP contribution in [0.1, 0.15) is 0 Å². The van der Waals surface area contributed by atoms with Gasteiger partial charge in [0.1, 0.15) is 0 Å². The lowest BCUT2D eigenvalue weighted by Crippen LogP contribution is -2.13. The number of nitrogens with one attached hydrogen (secondary N) is 1. The van der Waals surface area contributed by atoms with E-state index in [1.165, 1.54) is 23.9 Å². The molecule has 3 aromatic carbocycles. The number of benzene rings is 3. The molecule has 0 aromatic heterocycles. The fourth-order valence-electron chi connectivity index (χ4n) is 2.22. The van der Waals surface area contributed by atoms with Gasteiger partial charge in [0, 0.05) is 26.9 Å². The Labute approximate surface area is 165 Å². The van der Waals surface area contributed by atoms with Crippen LogP contribution < -0.4 is 4.72 Å². The lowest BCUT2D eigenvalue weighted by atomic mass is 10.3. The molecule has 0 bridgehead atoms. The van der Waals surface area contributed by atoms with E-state index in [2.05, 4.69) is 4.72 Å². The monoisotopic (exact) mass is 420 g/mol. The lowest BCUT2D eigenvalue weighted by Gasteiger charge is -2.12. The number of halogens is 1. The Hall–Kier alpha value is -2.55. The number of anilines is 1. The molecule has 27 heavy (non-hydrogen) atoms. The molecule has 0 amide bonds. The Balaban J connectivity index is 1.86. The Kier molecular flexibility index (Phi) is 5.69. The van der Waals surface area contributed by atoms with Crippen LogP contribution in [0.5, 0.6) is 0 Å². The molecule has 0 aliphatic rings. The van der Waals surface area contributed by atoms with Gasteiger partial charge in [-0.2, -0.15) is 0 Å². The molecule has 0 saturated carbocycles. The molecule has 6 nitrogen and oxygen atoms in total. The smallest absolute Gasteiger partial charge is 0.269 e. The second kappa shape index (κ2) is 7.99. The fraction of sp³-hybridized carbons (Fsp3) is 0. The van der Waals surface area contributed by atoms with E-state index in [0.29, 0.717) is 15.6 Å². The van der Waals surface area contributed by atoms with Crippen LogP contribution in [-0.2, 0) is 10.0 Å². The summed E-state index contributed by atoms with van der Waals surface area (Å²) in [7, 11) is -3.88. The van der Waals surface area contributed by atoms with Gasteiger partial charge >= 0.3 is 0 Å². The summed E-state index contributed by atoms with van der Waals surface area (Å²) in [5, 5.41) is 11.3. The number of rotatable bonds is 6. The third kappa shape index (κ3) is 4.79. The van der Waals surface area contributed by atoms with E-state index >= 15 is 0 Å². The van der Waals surface area contributed by atoms with Crippen LogP contribution in [0.3, 0.4) is 0 Å². The van der Waals surface area contributed by atoms with Crippen molar-refractivity contribution in [3.8, 4) is 0 Å². The minimum atomic E-state index is -3.88. The first-order chi connectivity index (χ1) is 12.8. The van der Waals surface area contributed by atoms with Crippen molar-refractivity contribution in [2.45, 2.75) is 14.7 Å². The Morgan fingerprint density at radius 1 is 0.926 bits per heavy atom. The molecule has 9 heteroatoms. The minimum Gasteiger partial charge on any atom is -0.278 e. The van der Waals surface area contributed by atoms with E-state index < -0.39 is 14.9 Å². The van der Waals surface area contributed by atoms with Crippen LogP contribution in [0, 0.1) is 10.1 Å². The highest BCUT2D eigenvalue weighted by molar-refractivity contribution is 7.99. The third-order valence-electron chi connectivity index (χ3n) is 3.53. The number of hydrogen-bond donors (Lipinski definition) is 1. The predicted molar refractivity (Wildman–Crippen MR) is 106 cm³/mol. The van der Waals surface area contributed by atoms with E-state index in [1.807, 2.05) is 18.2 Å². The second-order valence-electron chi connectivity index (χ2n) is 5.41. The van der Waals surface area contributed by atoms with Gasteiger partial charge in [-0.25, -0.2) is 8.42 Å². The number of hydrogen-bond acceptors (Lipinski definition) is 5. The molecule has 3 aromatic rings. The van der Waals surface area contributed by atoms with Crippen molar-refractivity contribution in [2.24, 2.45) is 0 Å². The summed E-state index contributed by atoms with van der Waals surface area (Å²) in [5.41, 5.74) is 0.239. The van der Waals surface area contributed by atoms with E-state index in [4.69, 9.17) is 11.6 Å². The van der Waals surface area contributed by atoms with Gasteiger partial charge in [-0.05, 0) is 48.5 Å². The zero-order chi connectivity index (χ0) is 19.4. The molecule has 0 aliphatic carbocycles. The van der Waals surface area contributed by atoms with Crippen LogP contribution in [0.15, 0.2) is 87.5 Å². The Morgan fingerprint density at radius 3 is 2.19 bits per heavy atom. The molecule has 0 atom stereocenters. The SMILES string of the molecule is O=[N+]([O-])c1ccc(S(=O)(=O)Nc2ccccc2Sc2ccc(Cl)cc2)cc1. The molecular formula is C18H13ClN2O4S2. The molecule has 0 radical (unpaired) electrons. The molecule has 1 N–H and O–H groups in total. The van der Waals surface area contributed by atoms with Crippen molar-refractivity contribution in [2.75, 3.05) is 4.72 Å². The van der Waals surface area contributed by atoms with Gasteiger partial charge in [0.2, 0.25) is 0 Å². The van der Waals surface area contributed by atoms with Gasteiger partial charge in [-0.1, -0.05) is 35.5 Å². The van der Waals surface area contributed by atoms with Gasteiger partial charge in [-0.15, -0.1) is 0 Å². The van der Waals surface area contributed by atoms with Crippen molar-refractivity contribution in [1.29, 1.82) is 0 Å². The predicted octanol–water partition coefficient (Wildman–Crippen LogP) is 5.20. The minimum absolute atomic E-state index is 0.0561. The van der Waals surface area contributed by atoms with Gasteiger partial charge in [0.05, 0.1) is 15.5 Å². The number of para-hydroxylation sites is 1. The number of nitro groups is 1. The van der Waals surface area contributed by atoms with Crippen molar-refractivity contribution < 1.29 is 13.3 Å². The van der Waals surface area contributed by atoms with Crippen molar-refractivity contribution in [1.82, 2.24) is 0 Å². The first kappa shape index (κ1) is 19.2. The molecule has 3 rings (SSSR count). The molecule has 0 heterocycles. The van der Waals surface area contributed by atoms with Crippen LogP contribution >= 0.6 is 23.4 Å². The summed E-state index contributed by atoms with van der Waals surface area (Å²) < 4.78 is 27.8. The average Bonchev–Trinajstić information content (AvgIpc) is 2.65. The molecular weight excluding hydrogens is 408 g/mol. The summed E-state index contributed by atoms with van der Waals surface area (Å²) in [5.74, 6) is 0. The highest BCUT2D eigenvalue weighted by atomic mass is 35.5. The Bertz CT molecular complexity index is 1070.